The molecule has 1 aromatic heterocycles. The Morgan fingerprint density at radius 2 is 2.24 bits per heavy atom. The quantitative estimate of drug-likeness (QED) is 0.784. The largest absolute Gasteiger partial charge is 0.364 e. The Bertz CT molecular complexity index is 529. The van der Waals surface area contributed by atoms with Crippen molar-refractivity contribution in [2.75, 3.05) is 12.4 Å². The van der Waals surface area contributed by atoms with Crippen molar-refractivity contribution in [3.63, 3.8) is 0 Å². The van der Waals surface area contributed by atoms with E-state index in [1.54, 1.807) is 11.2 Å². The predicted octanol–water partition coefficient (Wildman–Crippen LogP) is 3.02. The fourth-order valence-corrected chi connectivity index (χ4v) is 3.03. The lowest BCUT2D eigenvalue weighted by Gasteiger charge is -2.35. The molecule has 21 heavy (non-hydrogen) atoms. The maximum Gasteiger partial charge on any atom is 0.237 e. The van der Waals surface area contributed by atoms with Crippen LogP contribution < -0.4 is 0 Å². The van der Waals surface area contributed by atoms with Gasteiger partial charge in [-0.15, -0.1) is 11.6 Å². The Labute approximate surface area is 129 Å². The summed E-state index contributed by atoms with van der Waals surface area (Å²) in [6.45, 7) is 2.65. The Balaban J connectivity index is 2.14. The zero-order chi connectivity index (χ0) is 15.3. The van der Waals surface area contributed by atoms with Crippen LogP contribution in [0.3, 0.4) is 0 Å². The summed E-state index contributed by atoms with van der Waals surface area (Å²) < 4.78 is 4.92. The van der Waals surface area contributed by atoms with E-state index in [4.69, 9.17) is 16.1 Å². The van der Waals surface area contributed by atoms with Gasteiger partial charge in [-0.1, -0.05) is 24.4 Å². The predicted molar refractivity (Wildman–Crippen MR) is 78.5 cm³/mol. The molecule has 0 unspecified atom stereocenters. The molecule has 0 N–H and O–H groups in total. The van der Waals surface area contributed by atoms with E-state index in [-0.39, 0.29) is 11.8 Å². The number of carbonyl (C=O) groups excluding carboxylic acids is 1. The maximum atomic E-state index is 12.1. The van der Waals surface area contributed by atoms with Gasteiger partial charge in [0.15, 0.2) is 0 Å². The number of aromatic nitrogens is 1. The van der Waals surface area contributed by atoms with E-state index in [0.717, 1.165) is 43.4 Å². The summed E-state index contributed by atoms with van der Waals surface area (Å²) in [7, 11) is 0. The second-order valence-corrected chi connectivity index (χ2v) is 6.05. The summed E-state index contributed by atoms with van der Waals surface area (Å²) in [4.78, 5) is 13.8. The van der Waals surface area contributed by atoms with E-state index in [9.17, 15) is 10.1 Å². The van der Waals surface area contributed by atoms with Crippen molar-refractivity contribution in [1.82, 2.24) is 10.1 Å². The third-order valence-electron chi connectivity index (χ3n) is 4.20. The van der Waals surface area contributed by atoms with Gasteiger partial charge in [0.1, 0.15) is 17.8 Å². The lowest BCUT2D eigenvalue weighted by Crippen LogP contribution is -2.42. The first kappa shape index (κ1) is 15.8. The zero-order valence-corrected chi connectivity index (χ0v) is 13.0. The van der Waals surface area contributed by atoms with Crippen molar-refractivity contribution >= 4 is 17.5 Å². The lowest BCUT2D eigenvalue weighted by molar-refractivity contribution is -0.130. The van der Waals surface area contributed by atoms with Crippen LogP contribution in [0.15, 0.2) is 10.8 Å². The average molecular weight is 310 g/mol. The van der Waals surface area contributed by atoms with Crippen molar-refractivity contribution in [1.29, 1.82) is 5.26 Å². The highest BCUT2D eigenvalue weighted by atomic mass is 35.5. The minimum absolute atomic E-state index is 0.0849. The number of halogens is 1. The molecule has 1 amide bonds. The highest BCUT2D eigenvalue weighted by molar-refractivity contribution is 6.27. The topological polar surface area (TPSA) is 70.1 Å². The number of alkyl halides is 1. The monoisotopic (exact) mass is 309 g/mol. The van der Waals surface area contributed by atoms with E-state index >= 15 is 0 Å². The fraction of sp³-hybridized carbons (Fsp3) is 0.667. The number of aryl methyl sites for hydroxylation is 1. The molecule has 0 atom stereocenters. The second-order valence-electron chi connectivity index (χ2n) is 5.78. The number of hydrogen-bond donors (Lipinski definition) is 0. The number of hydrogen-bond acceptors (Lipinski definition) is 4. The molecule has 1 aliphatic rings. The number of rotatable bonds is 5. The second kappa shape index (κ2) is 6.95. The van der Waals surface area contributed by atoms with Gasteiger partial charge in [0.25, 0.3) is 0 Å². The maximum absolute atomic E-state index is 12.1. The van der Waals surface area contributed by atoms with Crippen LogP contribution >= 0.6 is 11.6 Å². The van der Waals surface area contributed by atoms with Crippen molar-refractivity contribution in [3.05, 3.63) is 17.5 Å². The SMILES string of the molecule is Cc1conc1CN(CC1(C#N)CCCCC1)C(=O)CCl. The molecule has 0 saturated heterocycles. The first-order valence-electron chi connectivity index (χ1n) is 7.25. The molecule has 0 radical (unpaired) electrons. The van der Waals surface area contributed by atoms with Crippen molar-refractivity contribution in [3.8, 4) is 6.07 Å². The van der Waals surface area contributed by atoms with Crippen molar-refractivity contribution in [2.24, 2.45) is 5.41 Å². The number of nitrogens with zero attached hydrogens (tertiary/aromatic N) is 3. The average Bonchev–Trinajstić information content (AvgIpc) is 2.92. The van der Waals surface area contributed by atoms with Gasteiger partial charge in [0.05, 0.1) is 18.0 Å². The summed E-state index contributed by atoms with van der Waals surface area (Å²) in [5.41, 5.74) is 1.17. The zero-order valence-electron chi connectivity index (χ0n) is 12.3. The molecule has 0 aromatic carbocycles. The van der Waals surface area contributed by atoms with Crippen LogP contribution in [-0.4, -0.2) is 28.4 Å². The van der Waals surface area contributed by atoms with Crippen LogP contribution in [0.4, 0.5) is 0 Å². The fourth-order valence-electron chi connectivity index (χ4n) is 2.86. The van der Waals surface area contributed by atoms with Crippen LogP contribution in [0.5, 0.6) is 0 Å². The minimum Gasteiger partial charge on any atom is -0.364 e. The van der Waals surface area contributed by atoms with Gasteiger partial charge in [-0.3, -0.25) is 4.79 Å². The van der Waals surface area contributed by atoms with Gasteiger partial charge < -0.3 is 9.42 Å². The normalized spacial score (nSPS) is 17.2. The molecule has 114 valence electrons. The summed E-state index contributed by atoms with van der Waals surface area (Å²) >= 11 is 5.72. The molecule has 5 nitrogen and oxygen atoms in total. The van der Waals surface area contributed by atoms with E-state index < -0.39 is 5.41 Å². The van der Waals surface area contributed by atoms with Gasteiger partial charge in [0.2, 0.25) is 5.91 Å². The number of carbonyl (C=O) groups is 1. The molecule has 2 rings (SSSR count). The Kier molecular flexibility index (Phi) is 5.24. The molecule has 6 heteroatoms. The molecule has 1 aromatic rings. The third kappa shape index (κ3) is 3.76. The highest BCUT2D eigenvalue weighted by Gasteiger charge is 2.35. The summed E-state index contributed by atoms with van der Waals surface area (Å²) in [6.07, 6.45) is 6.48. The smallest absolute Gasteiger partial charge is 0.237 e. The molecule has 1 saturated carbocycles. The van der Waals surface area contributed by atoms with E-state index in [1.807, 2.05) is 6.92 Å². The molecule has 1 fully saturated rings. The van der Waals surface area contributed by atoms with E-state index in [0.29, 0.717) is 13.1 Å². The minimum atomic E-state index is -0.447. The lowest BCUT2D eigenvalue weighted by atomic mass is 9.75. The Morgan fingerprint density at radius 3 is 2.76 bits per heavy atom. The van der Waals surface area contributed by atoms with Crippen LogP contribution in [0.1, 0.15) is 43.4 Å². The van der Waals surface area contributed by atoms with Gasteiger partial charge in [-0.05, 0) is 19.8 Å². The summed E-state index contributed by atoms with van der Waals surface area (Å²) in [5, 5.41) is 13.5. The van der Waals surface area contributed by atoms with Crippen molar-refractivity contribution < 1.29 is 9.32 Å². The standard InChI is InChI=1S/C15H20ClN3O2/c1-12-9-21-18-13(12)8-19(14(20)7-16)11-15(10-17)5-3-2-4-6-15/h9H,2-8,11H2,1H3. The molecule has 0 spiro atoms. The number of amides is 1. The first-order chi connectivity index (χ1) is 10.1. The Hall–Kier alpha value is -1.54. The molecule has 0 bridgehead atoms. The number of nitriles is 1. The van der Waals surface area contributed by atoms with Gasteiger partial charge in [0, 0.05) is 12.1 Å². The van der Waals surface area contributed by atoms with Crippen LogP contribution in [-0.2, 0) is 11.3 Å². The molecule has 1 heterocycles. The van der Waals surface area contributed by atoms with Crippen LogP contribution in [0.25, 0.3) is 0 Å². The molecular formula is C15H20ClN3O2. The Morgan fingerprint density at radius 1 is 1.52 bits per heavy atom. The third-order valence-corrected chi connectivity index (χ3v) is 4.43. The molecule has 1 aliphatic carbocycles. The molecular weight excluding hydrogens is 290 g/mol. The molecule has 0 aliphatic heterocycles. The summed E-state index contributed by atoms with van der Waals surface area (Å²) in [6, 6.07) is 2.44. The van der Waals surface area contributed by atoms with Gasteiger partial charge >= 0.3 is 0 Å². The summed E-state index contributed by atoms with van der Waals surface area (Å²) in [5.74, 6) is -0.252. The van der Waals surface area contributed by atoms with Gasteiger partial charge in [-0.25, -0.2) is 0 Å². The van der Waals surface area contributed by atoms with Crippen molar-refractivity contribution in [2.45, 2.75) is 45.6 Å². The van der Waals surface area contributed by atoms with Crippen LogP contribution in [0, 0.1) is 23.7 Å². The van der Waals surface area contributed by atoms with E-state index in [1.165, 1.54) is 0 Å². The first-order valence-corrected chi connectivity index (χ1v) is 7.78. The van der Waals surface area contributed by atoms with E-state index in [2.05, 4.69) is 11.2 Å². The van der Waals surface area contributed by atoms with Gasteiger partial charge in [-0.2, -0.15) is 5.26 Å². The highest BCUT2D eigenvalue weighted by Crippen LogP contribution is 2.36. The van der Waals surface area contributed by atoms with Crippen LogP contribution in [0.2, 0.25) is 0 Å².